The Morgan fingerprint density at radius 2 is 1.84 bits per heavy atom. The molecule has 0 radical (unpaired) electrons. The highest BCUT2D eigenvalue weighted by atomic mass is 19.1. The van der Waals surface area contributed by atoms with Gasteiger partial charge < -0.3 is 4.90 Å². The Morgan fingerprint density at radius 3 is 2.55 bits per heavy atom. The van der Waals surface area contributed by atoms with Gasteiger partial charge in [-0.25, -0.2) is 18.7 Å². The Kier molecular flexibility index (Phi) is 10.6. The van der Waals surface area contributed by atoms with Crippen LogP contribution in [0.4, 0.5) is 4.39 Å². The Balaban J connectivity index is 1.32. The van der Waals surface area contributed by atoms with Crippen LogP contribution in [-0.2, 0) is 30.2 Å². The summed E-state index contributed by atoms with van der Waals surface area (Å²) in [6, 6.07) is 3.31. The van der Waals surface area contributed by atoms with E-state index in [-0.39, 0.29) is 30.0 Å². The molecule has 1 fully saturated rings. The topological polar surface area (TPSA) is 142 Å². The van der Waals surface area contributed by atoms with E-state index in [1.165, 1.54) is 21.5 Å². The number of amides is 1. The number of nitrogens with zero attached hydrogens (tertiary/aromatic N) is 8. The maximum Gasteiger partial charge on any atom is 0.438 e. The van der Waals surface area contributed by atoms with Crippen LogP contribution in [0.25, 0.3) is 28.1 Å². The van der Waals surface area contributed by atoms with Gasteiger partial charge in [-0.15, -0.1) is 0 Å². The van der Waals surface area contributed by atoms with Crippen molar-refractivity contribution in [3.63, 3.8) is 0 Å². The van der Waals surface area contributed by atoms with Crippen molar-refractivity contribution in [3.05, 3.63) is 118 Å². The molecule has 2 unspecified atom stereocenters. The molecular formula is C41H48FN9O4. The fourth-order valence-corrected chi connectivity index (χ4v) is 8.95. The first-order valence-electron chi connectivity index (χ1n) is 19.2. The number of benzene rings is 1. The van der Waals surface area contributed by atoms with Crippen LogP contribution in [-0.4, -0.2) is 56.2 Å². The van der Waals surface area contributed by atoms with Crippen LogP contribution in [0, 0.1) is 17.7 Å². The molecule has 1 N–H and O–H groups in total. The Morgan fingerprint density at radius 1 is 1.07 bits per heavy atom. The number of hydrogen-bond acceptors (Lipinski definition) is 7. The van der Waals surface area contributed by atoms with Gasteiger partial charge in [0.05, 0.1) is 40.7 Å². The van der Waals surface area contributed by atoms with Crippen molar-refractivity contribution in [1.82, 2.24) is 43.7 Å². The quantitative estimate of drug-likeness (QED) is 0.152. The molecule has 0 bridgehead atoms. The molecule has 2 aliphatic rings. The van der Waals surface area contributed by atoms with Gasteiger partial charge in [0, 0.05) is 49.3 Å². The fourth-order valence-electron chi connectivity index (χ4n) is 8.95. The summed E-state index contributed by atoms with van der Waals surface area (Å²) in [5.41, 5.74) is 1.75. The molecule has 2 atom stereocenters. The van der Waals surface area contributed by atoms with Crippen LogP contribution in [0.5, 0.6) is 0 Å². The Bertz CT molecular complexity index is 2410. The van der Waals surface area contributed by atoms with E-state index in [9.17, 15) is 9.59 Å². The maximum atomic E-state index is 15.9. The van der Waals surface area contributed by atoms with Crippen LogP contribution in [0.15, 0.2) is 88.4 Å². The highest BCUT2D eigenvalue weighted by Crippen LogP contribution is 2.47. The third kappa shape index (κ3) is 6.57. The predicted molar refractivity (Wildman–Crippen MR) is 208 cm³/mol. The molecule has 0 spiro atoms. The average molecular weight is 750 g/mol. The lowest BCUT2D eigenvalue weighted by atomic mass is 9.61. The van der Waals surface area contributed by atoms with Gasteiger partial charge >= 0.3 is 11.4 Å². The van der Waals surface area contributed by atoms with Crippen LogP contribution in [0.1, 0.15) is 82.3 Å². The van der Waals surface area contributed by atoms with Gasteiger partial charge in [-0.2, -0.15) is 10.2 Å². The normalized spacial score (nSPS) is 18.4. The first-order valence-corrected chi connectivity index (χ1v) is 19.2. The predicted octanol–water partition coefficient (Wildman–Crippen LogP) is 6.53. The van der Waals surface area contributed by atoms with Crippen molar-refractivity contribution < 1.29 is 13.7 Å². The van der Waals surface area contributed by atoms with E-state index in [2.05, 4.69) is 42.2 Å². The van der Waals surface area contributed by atoms with E-state index in [1.54, 1.807) is 59.0 Å². The van der Waals surface area contributed by atoms with Crippen LogP contribution in [0.3, 0.4) is 0 Å². The van der Waals surface area contributed by atoms with Gasteiger partial charge in [-0.3, -0.25) is 28.1 Å². The van der Waals surface area contributed by atoms with E-state index in [4.69, 9.17) is 9.62 Å². The third-order valence-electron chi connectivity index (χ3n) is 11.8. The second-order valence-electron chi connectivity index (χ2n) is 14.5. The minimum Gasteiger partial charge on any atom is -0.338 e. The lowest BCUT2D eigenvalue weighted by Crippen LogP contribution is -2.48. The van der Waals surface area contributed by atoms with Crippen molar-refractivity contribution in [1.29, 1.82) is 0 Å². The number of carbonyl (C=O) groups excluding carboxylic acids is 1. The zero-order valence-corrected chi connectivity index (χ0v) is 31.7. The van der Waals surface area contributed by atoms with Crippen LogP contribution in [0.2, 0.25) is 0 Å². The lowest BCUT2D eigenvalue weighted by Gasteiger charge is -2.44. The number of aryl methyl sites for hydroxylation is 1. The van der Waals surface area contributed by atoms with Gasteiger partial charge in [-0.1, -0.05) is 76.1 Å². The van der Waals surface area contributed by atoms with Crippen molar-refractivity contribution in [2.24, 2.45) is 18.9 Å². The minimum absolute atomic E-state index is 0.0403. The van der Waals surface area contributed by atoms with E-state index in [0.717, 1.165) is 49.8 Å². The number of hydrogen-bond donors (Lipinski definition) is 1. The summed E-state index contributed by atoms with van der Waals surface area (Å²) in [5, 5.41) is 13.7. The summed E-state index contributed by atoms with van der Waals surface area (Å²) < 4.78 is 26.9. The highest BCUT2D eigenvalue weighted by molar-refractivity contribution is 5.82. The molecule has 1 aliphatic heterocycles. The molecule has 55 heavy (non-hydrogen) atoms. The molecule has 0 saturated heterocycles. The number of imidazole rings is 1. The third-order valence-corrected chi connectivity index (χ3v) is 11.8. The number of H-pyrrole nitrogens is 1. The van der Waals surface area contributed by atoms with Gasteiger partial charge in [0.1, 0.15) is 5.82 Å². The van der Waals surface area contributed by atoms with E-state index < -0.39 is 22.7 Å². The number of aromatic amines is 1. The van der Waals surface area contributed by atoms with Gasteiger partial charge in [-0.05, 0) is 55.9 Å². The van der Waals surface area contributed by atoms with E-state index in [0.29, 0.717) is 54.0 Å². The number of allylic oxidation sites excluding steroid dienone is 6. The molecule has 1 amide bonds. The molecule has 1 aliphatic carbocycles. The SMILES string of the molecule is C=C/C=C\C(=C/C=C)n1nc2c(c1-n1ccn(-c3ccc4c(cnn4C)c3F)c1=O)CN(C(=O)C1CCCCCCC1C(CC)(CC)c1noc(=O)[nH]1)CC2. The van der Waals surface area contributed by atoms with E-state index >= 15 is 9.18 Å². The summed E-state index contributed by atoms with van der Waals surface area (Å²) >= 11 is 0. The molecule has 14 heteroatoms. The Labute approximate surface area is 318 Å². The molecule has 7 rings (SSSR count). The van der Waals surface area contributed by atoms with Crippen molar-refractivity contribution >= 4 is 22.5 Å². The number of carbonyl (C=O) groups is 1. The molecule has 4 aromatic heterocycles. The zero-order valence-electron chi connectivity index (χ0n) is 31.7. The fraction of sp³-hybridized carbons (Fsp3) is 0.415. The highest BCUT2D eigenvalue weighted by Gasteiger charge is 2.48. The number of aromatic nitrogens is 8. The molecule has 5 heterocycles. The van der Waals surface area contributed by atoms with Crippen molar-refractivity contribution in [2.45, 2.75) is 83.6 Å². The number of halogens is 1. The van der Waals surface area contributed by atoms with Crippen molar-refractivity contribution in [3.8, 4) is 11.5 Å². The number of nitrogens with one attached hydrogen (secondary N) is 1. The number of fused-ring (bicyclic) bond motifs is 2. The first-order chi connectivity index (χ1) is 26.7. The molecule has 288 valence electrons. The molecule has 13 nitrogen and oxygen atoms in total. The van der Waals surface area contributed by atoms with Crippen LogP contribution < -0.4 is 11.4 Å². The van der Waals surface area contributed by atoms with Gasteiger partial charge in [0.15, 0.2) is 11.6 Å². The molecule has 1 aromatic carbocycles. The summed E-state index contributed by atoms with van der Waals surface area (Å²) in [6.07, 6.45) is 20.7. The summed E-state index contributed by atoms with van der Waals surface area (Å²) in [7, 11) is 1.73. The smallest absolute Gasteiger partial charge is 0.338 e. The summed E-state index contributed by atoms with van der Waals surface area (Å²) in [6.45, 7) is 12.6. The zero-order chi connectivity index (χ0) is 38.9. The molecular weight excluding hydrogens is 702 g/mol. The average Bonchev–Trinajstić information content (AvgIpc) is 3.97. The first kappa shape index (κ1) is 37.5. The minimum atomic E-state index is -0.597. The van der Waals surface area contributed by atoms with Crippen molar-refractivity contribution in [2.75, 3.05) is 6.54 Å². The Hall–Kier alpha value is -5.79. The molecule has 1 saturated carbocycles. The van der Waals surface area contributed by atoms with Gasteiger partial charge in [0.2, 0.25) is 5.91 Å². The standard InChI is InChI=1S/C41H48FN9O4/c1-6-10-16-27(15-7-2)51-36(50-24-23-49(40(50)54)34-20-19-33-29(35(34)42)25-43-47(33)5)30-26-48(22-21-32(30)45-51)37(52)28-17-13-11-12-14-18-31(28)41(8-3,9-4)38-44-39(53)55-46-38/h6-7,10,15-16,19-20,23-25,28,31H,1-2,8-9,11-14,17-18,21-22,26H2,3-5H3,(H,44,46,53)/b16-10-,27-15+. The summed E-state index contributed by atoms with van der Waals surface area (Å²) in [5.74, 6) is -0.549. The monoisotopic (exact) mass is 749 g/mol. The second kappa shape index (κ2) is 15.5. The summed E-state index contributed by atoms with van der Waals surface area (Å²) in [4.78, 5) is 46.3. The van der Waals surface area contributed by atoms with Crippen LogP contribution >= 0.6 is 0 Å². The maximum absolute atomic E-state index is 15.9. The largest absolute Gasteiger partial charge is 0.438 e. The molecule has 5 aromatic rings. The second-order valence-corrected chi connectivity index (χ2v) is 14.5. The van der Waals surface area contributed by atoms with Gasteiger partial charge in [0.25, 0.3) is 0 Å². The number of rotatable bonds is 11. The van der Waals surface area contributed by atoms with E-state index in [1.807, 2.05) is 11.0 Å². The lowest BCUT2D eigenvalue weighted by molar-refractivity contribution is -0.140.